The number of carbonyl (C=O) groups is 2. The van der Waals surface area contributed by atoms with Crippen molar-refractivity contribution in [3.63, 3.8) is 0 Å². The quantitative estimate of drug-likeness (QED) is 0.760. The second-order valence-corrected chi connectivity index (χ2v) is 10.3. The molecule has 1 saturated heterocycles. The van der Waals surface area contributed by atoms with Crippen molar-refractivity contribution in [2.24, 2.45) is 5.92 Å². The van der Waals surface area contributed by atoms with Crippen molar-refractivity contribution in [3.05, 3.63) is 41.2 Å². The third-order valence-corrected chi connectivity index (χ3v) is 7.99. The molecule has 0 unspecified atom stereocenters. The van der Waals surface area contributed by atoms with E-state index in [1.165, 1.54) is 20.4 Å². The van der Waals surface area contributed by atoms with Gasteiger partial charge in [-0.15, -0.1) is 11.3 Å². The number of furan rings is 1. The maximum absolute atomic E-state index is 12.5. The van der Waals surface area contributed by atoms with Gasteiger partial charge in [-0.1, -0.05) is 0 Å². The van der Waals surface area contributed by atoms with Crippen molar-refractivity contribution < 1.29 is 22.4 Å². The fourth-order valence-corrected chi connectivity index (χ4v) is 5.49. The molecule has 0 aliphatic carbocycles. The van der Waals surface area contributed by atoms with Gasteiger partial charge in [-0.2, -0.15) is 0 Å². The van der Waals surface area contributed by atoms with Crippen molar-refractivity contribution in [2.75, 3.05) is 27.2 Å². The lowest BCUT2D eigenvalue weighted by Gasteiger charge is -2.31. The standard InChI is InChI=1S/C18H23N3O5S2/c1-20(2)28(24,25)16-8-7-14(27-16)11-19-17(22)13-5-3-9-21(12-13)18(23)15-6-4-10-26-15/h4,6-8,10,13H,3,5,9,11-12H2,1-2H3,(H,19,22)/t13-/m0/s1. The first-order chi connectivity index (χ1) is 13.3. The minimum absolute atomic E-state index is 0.137. The Kier molecular flexibility index (Phi) is 6.21. The largest absolute Gasteiger partial charge is 0.459 e. The van der Waals surface area contributed by atoms with E-state index in [4.69, 9.17) is 4.42 Å². The van der Waals surface area contributed by atoms with Crippen molar-refractivity contribution in [3.8, 4) is 0 Å². The van der Waals surface area contributed by atoms with Gasteiger partial charge in [-0.05, 0) is 37.1 Å². The van der Waals surface area contributed by atoms with E-state index >= 15 is 0 Å². The number of piperidine rings is 1. The second kappa shape index (κ2) is 8.46. The summed E-state index contributed by atoms with van der Waals surface area (Å²) in [5.74, 6) is -0.367. The molecule has 10 heteroatoms. The van der Waals surface area contributed by atoms with Gasteiger partial charge in [-0.3, -0.25) is 9.59 Å². The summed E-state index contributed by atoms with van der Waals surface area (Å²) in [7, 11) is -0.504. The zero-order valence-electron chi connectivity index (χ0n) is 15.8. The van der Waals surface area contributed by atoms with Gasteiger partial charge in [0.15, 0.2) is 5.76 Å². The minimum atomic E-state index is -3.47. The smallest absolute Gasteiger partial charge is 0.289 e. The molecule has 1 aliphatic rings. The summed E-state index contributed by atoms with van der Waals surface area (Å²) in [6.45, 7) is 1.20. The highest BCUT2D eigenvalue weighted by Gasteiger charge is 2.30. The van der Waals surface area contributed by atoms with Crippen LogP contribution in [-0.4, -0.2) is 56.6 Å². The summed E-state index contributed by atoms with van der Waals surface area (Å²) in [5.41, 5.74) is 0. The first kappa shape index (κ1) is 20.6. The van der Waals surface area contributed by atoms with Gasteiger partial charge in [0.25, 0.3) is 15.9 Å². The van der Waals surface area contributed by atoms with E-state index in [1.807, 2.05) is 0 Å². The Morgan fingerprint density at radius 2 is 2.11 bits per heavy atom. The Morgan fingerprint density at radius 3 is 2.79 bits per heavy atom. The van der Waals surface area contributed by atoms with Crippen LogP contribution in [0.3, 0.4) is 0 Å². The molecular formula is C18H23N3O5S2. The molecule has 3 heterocycles. The van der Waals surface area contributed by atoms with Crippen LogP contribution in [0.5, 0.6) is 0 Å². The molecule has 1 N–H and O–H groups in total. The van der Waals surface area contributed by atoms with Gasteiger partial charge >= 0.3 is 0 Å². The molecule has 0 aromatic carbocycles. The molecule has 2 aromatic rings. The third kappa shape index (κ3) is 4.45. The van der Waals surface area contributed by atoms with Gasteiger partial charge in [0.05, 0.1) is 18.7 Å². The predicted octanol–water partition coefficient (Wildman–Crippen LogP) is 1.76. The fraction of sp³-hybridized carbons (Fsp3) is 0.444. The number of nitrogens with zero attached hydrogens (tertiary/aromatic N) is 2. The Hall–Kier alpha value is -2.17. The third-order valence-electron chi connectivity index (χ3n) is 4.62. The molecule has 0 saturated carbocycles. The average molecular weight is 426 g/mol. The first-order valence-corrected chi connectivity index (χ1v) is 11.2. The maximum Gasteiger partial charge on any atom is 0.289 e. The van der Waals surface area contributed by atoms with Crippen LogP contribution >= 0.6 is 11.3 Å². The number of carbonyl (C=O) groups excluding carboxylic acids is 2. The van der Waals surface area contributed by atoms with Crippen LogP contribution in [0.2, 0.25) is 0 Å². The number of sulfonamides is 1. The maximum atomic E-state index is 12.5. The molecule has 1 atom stereocenters. The molecule has 1 aliphatic heterocycles. The van der Waals surface area contributed by atoms with Gasteiger partial charge < -0.3 is 14.6 Å². The lowest BCUT2D eigenvalue weighted by atomic mass is 9.97. The van der Waals surface area contributed by atoms with E-state index in [0.717, 1.165) is 26.9 Å². The Morgan fingerprint density at radius 1 is 1.32 bits per heavy atom. The summed E-state index contributed by atoms with van der Waals surface area (Å²) in [4.78, 5) is 27.3. The van der Waals surface area contributed by atoms with Crippen LogP contribution in [0.4, 0.5) is 0 Å². The highest BCUT2D eigenvalue weighted by molar-refractivity contribution is 7.91. The minimum Gasteiger partial charge on any atom is -0.459 e. The van der Waals surface area contributed by atoms with Gasteiger partial charge in [0, 0.05) is 32.1 Å². The number of amides is 2. The number of likely N-dealkylation sites (tertiary alicyclic amines) is 1. The molecule has 1 fully saturated rings. The van der Waals surface area contributed by atoms with Crippen LogP contribution in [0.1, 0.15) is 28.3 Å². The molecule has 3 rings (SSSR count). The number of hydrogen-bond acceptors (Lipinski definition) is 6. The molecular weight excluding hydrogens is 402 g/mol. The SMILES string of the molecule is CN(C)S(=O)(=O)c1ccc(CNC(=O)[C@H]2CCCN(C(=O)c3ccco3)C2)s1. The Labute approximate surface area is 168 Å². The number of thiophene rings is 1. The van der Waals surface area contributed by atoms with Crippen LogP contribution < -0.4 is 5.32 Å². The van der Waals surface area contributed by atoms with E-state index in [9.17, 15) is 18.0 Å². The Bertz CT molecular complexity index is 934. The van der Waals surface area contributed by atoms with Crippen LogP contribution in [0.25, 0.3) is 0 Å². The molecule has 2 aromatic heterocycles. The van der Waals surface area contributed by atoms with Gasteiger partial charge in [-0.25, -0.2) is 12.7 Å². The monoisotopic (exact) mass is 425 g/mol. The van der Waals surface area contributed by atoms with E-state index < -0.39 is 10.0 Å². The summed E-state index contributed by atoms with van der Waals surface area (Å²) in [5, 5.41) is 2.86. The molecule has 28 heavy (non-hydrogen) atoms. The van der Waals surface area contributed by atoms with Gasteiger partial charge in [0.2, 0.25) is 5.91 Å². The summed E-state index contributed by atoms with van der Waals surface area (Å²) >= 11 is 1.14. The molecule has 2 amide bonds. The van der Waals surface area contributed by atoms with Crippen LogP contribution in [0, 0.1) is 5.92 Å². The van der Waals surface area contributed by atoms with Gasteiger partial charge in [0.1, 0.15) is 4.21 Å². The van der Waals surface area contributed by atoms with Crippen LogP contribution in [0.15, 0.2) is 39.2 Å². The zero-order valence-corrected chi connectivity index (χ0v) is 17.4. The van der Waals surface area contributed by atoms with E-state index in [2.05, 4.69) is 5.32 Å². The van der Waals surface area contributed by atoms with E-state index in [1.54, 1.807) is 29.2 Å². The predicted molar refractivity (Wildman–Crippen MR) is 104 cm³/mol. The van der Waals surface area contributed by atoms with E-state index in [-0.39, 0.29) is 34.2 Å². The molecule has 8 nitrogen and oxygen atoms in total. The summed E-state index contributed by atoms with van der Waals surface area (Å²) in [6.07, 6.45) is 2.90. The zero-order chi connectivity index (χ0) is 20.3. The summed E-state index contributed by atoms with van der Waals surface area (Å²) in [6, 6.07) is 6.52. The molecule has 0 bridgehead atoms. The van der Waals surface area contributed by atoms with Crippen molar-refractivity contribution in [1.29, 1.82) is 0 Å². The lowest BCUT2D eigenvalue weighted by molar-refractivity contribution is -0.126. The Balaban J connectivity index is 1.56. The van der Waals surface area contributed by atoms with Crippen LogP contribution in [-0.2, 0) is 21.4 Å². The lowest BCUT2D eigenvalue weighted by Crippen LogP contribution is -2.45. The molecule has 152 valence electrons. The fourth-order valence-electron chi connectivity index (χ4n) is 3.02. The average Bonchev–Trinajstić information content (AvgIpc) is 3.37. The first-order valence-electron chi connectivity index (χ1n) is 8.91. The topological polar surface area (TPSA) is 99.9 Å². The number of nitrogens with one attached hydrogen (secondary N) is 1. The van der Waals surface area contributed by atoms with Crippen molar-refractivity contribution in [2.45, 2.75) is 23.6 Å². The van der Waals surface area contributed by atoms with E-state index in [0.29, 0.717) is 19.5 Å². The second-order valence-electron chi connectivity index (χ2n) is 6.79. The molecule has 0 spiro atoms. The number of hydrogen-bond donors (Lipinski definition) is 1. The van der Waals surface area contributed by atoms with Crippen molar-refractivity contribution >= 4 is 33.2 Å². The number of rotatable bonds is 6. The summed E-state index contributed by atoms with van der Waals surface area (Å²) < 4.78 is 30.8. The normalized spacial score (nSPS) is 17.7. The molecule has 0 radical (unpaired) electrons. The van der Waals surface area contributed by atoms with Crippen molar-refractivity contribution in [1.82, 2.24) is 14.5 Å². The highest BCUT2D eigenvalue weighted by Crippen LogP contribution is 2.24. The highest BCUT2D eigenvalue weighted by atomic mass is 32.2.